The number of anilines is 1. The van der Waals surface area contributed by atoms with Gasteiger partial charge in [-0.3, -0.25) is 9.59 Å². The number of amides is 2. The number of rotatable bonds is 9. The Labute approximate surface area is 146 Å². The normalized spacial score (nSPS) is 10.4. The summed E-state index contributed by atoms with van der Waals surface area (Å²) in [5, 5.41) is 10.7. The molecule has 0 saturated heterocycles. The number of aryl methyl sites for hydroxylation is 1. The molecule has 0 aliphatic carbocycles. The number of hydrogen-bond acceptors (Lipinski definition) is 4. The van der Waals surface area contributed by atoms with Crippen molar-refractivity contribution in [3.63, 3.8) is 0 Å². The number of benzene rings is 1. The van der Waals surface area contributed by atoms with E-state index in [2.05, 4.69) is 22.0 Å². The Bertz CT molecular complexity index is 656. The zero-order valence-electron chi connectivity index (χ0n) is 13.8. The first-order valence-electron chi connectivity index (χ1n) is 8.04. The molecule has 128 valence electrons. The number of carbonyl (C=O) groups is 2. The van der Waals surface area contributed by atoms with E-state index in [1.165, 1.54) is 4.88 Å². The molecule has 1 aromatic carbocycles. The summed E-state index contributed by atoms with van der Waals surface area (Å²) in [4.78, 5) is 25.3. The van der Waals surface area contributed by atoms with E-state index < -0.39 is 0 Å². The quantitative estimate of drug-likeness (QED) is 0.612. The molecule has 0 fully saturated rings. The van der Waals surface area contributed by atoms with Crippen LogP contribution in [0, 0.1) is 0 Å². The Hall–Kier alpha value is -2.18. The first kappa shape index (κ1) is 18.2. The van der Waals surface area contributed by atoms with Gasteiger partial charge in [-0.05, 0) is 49.5 Å². The van der Waals surface area contributed by atoms with E-state index in [0.29, 0.717) is 30.8 Å². The van der Waals surface area contributed by atoms with E-state index in [4.69, 9.17) is 0 Å². The average Bonchev–Trinajstić information content (AvgIpc) is 3.08. The molecule has 0 bridgehead atoms. The average molecular weight is 345 g/mol. The van der Waals surface area contributed by atoms with Crippen LogP contribution >= 0.6 is 11.3 Å². The minimum absolute atomic E-state index is 0.0284. The molecule has 1 aromatic heterocycles. The van der Waals surface area contributed by atoms with E-state index in [9.17, 15) is 9.59 Å². The number of likely N-dealkylation sites (N-methyl/N-ethyl adjacent to an activating group) is 1. The second-order valence-corrected chi connectivity index (χ2v) is 6.45. The largest absolute Gasteiger partial charge is 0.351 e. The second kappa shape index (κ2) is 9.85. The van der Waals surface area contributed by atoms with Crippen molar-refractivity contribution in [1.82, 2.24) is 10.6 Å². The lowest BCUT2D eigenvalue weighted by atomic mass is 10.1. The Morgan fingerprint density at radius 2 is 2.00 bits per heavy atom. The maximum Gasteiger partial charge on any atom is 0.251 e. The molecule has 0 spiro atoms. The maximum atomic E-state index is 12.0. The van der Waals surface area contributed by atoms with Crippen LogP contribution in [0.25, 0.3) is 0 Å². The van der Waals surface area contributed by atoms with Crippen molar-refractivity contribution >= 4 is 28.8 Å². The van der Waals surface area contributed by atoms with Crippen LogP contribution in [-0.2, 0) is 11.2 Å². The van der Waals surface area contributed by atoms with Crippen LogP contribution in [0.15, 0.2) is 41.8 Å². The molecule has 2 amide bonds. The molecule has 5 nitrogen and oxygen atoms in total. The van der Waals surface area contributed by atoms with Crippen LogP contribution in [-0.4, -0.2) is 32.0 Å². The molecule has 0 radical (unpaired) electrons. The molecule has 0 aliphatic rings. The van der Waals surface area contributed by atoms with Gasteiger partial charge in [0.2, 0.25) is 5.91 Å². The molecular formula is C18H23N3O2S. The SMILES string of the molecule is CNCCNC(=O)c1cccc(NC(=O)CCCc2cccs2)c1. The fourth-order valence-electron chi connectivity index (χ4n) is 2.24. The highest BCUT2D eigenvalue weighted by Gasteiger charge is 2.07. The molecule has 0 saturated carbocycles. The number of nitrogens with one attached hydrogen (secondary N) is 3. The van der Waals surface area contributed by atoms with E-state index in [1.54, 1.807) is 35.6 Å². The van der Waals surface area contributed by atoms with Crippen molar-refractivity contribution in [2.45, 2.75) is 19.3 Å². The van der Waals surface area contributed by atoms with Gasteiger partial charge >= 0.3 is 0 Å². The summed E-state index contributed by atoms with van der Waals surface area (Å²) in [7, 11) is 1.83. The molecule has 24 heavy (non-hydrogen) atoms. The van der Waals surface area contributed by atoms with Gasteiger partial charge in [-0.1, -0.05) is 12.1 Å². The monoisotopic (exact) mass is 345 g/mol. The molecule has 2 rings (SSSR count). The topological polar surface area (TPSA) is 70.2 Å². The Morgan fingerprint density at radius 3 is 2.75 bits per heavy atom. The fraction of sp³-hybridized carbons (Fsp3) is 0.333. The van der Waals surface area contributed by atoms with E-state index >= 15 is 0 Å². The summed E-state index contributed by atoms with van der Waals surface area (Å²) < 4.78 is 0. The van der Waals surface area contributed by atoms with Gasteiger partial charge in [0.05, 0.1) is 0 Å². The zero-order chi connectivity index (χ0) is 17.2. The Balaban J connectivity index is 1.80. The van der Waals surface area contributed by atoms with Gasteiger partial charge in [0.25, 0.3) is 5.91 Å². The summed E-state index contributed by atoms with van der Waals surface area (Å²) in [6, 6.07) is 11.1. The van der Waals surface area contributed by atoms with Gasteiger partial charge in [0, 0.05) is 35.6 Å². The van der Waals surface area contributed by atoms with E-state index in [0.717, 1.165) is 12.8 Å². The number of hydrogen-bond donors (Lipinski definition) is 3. The standard InChI is InChI=1S/C18H23N3O2S/c1-19-10-11-20-18(23)14-5-2-6-15(13-14)21-17(22)9-3-7-16-8-4-12-24-16/h2,4-6,8,12-13,19H,3,7,9-11H2,1H3,(H,20,23)(H,21,22). The first-order valence-corrected chi connectivity index (χ1v) is 8.92. The summed E-state index contributed by atoms with van der Waals surface area (Å²) in [6.45, 7) is 1.28. The van der Waals surface area contributed by atoms with E-state index in [1.807, 2.05) is 18.5 Å². The molecular weight excluding hydrogens is 322 g/mol. The Morgan fingerprint density at radius 1 is 1.12 bits per heavy atom. The second-order valence-electron chi connectivity index (χ2n) is 5.42. The summed E-state index contributed by atoms with van der Waals surface area (Å²) >= 11 is 1.71. The molecule has 0 unspecified atom stereocenters. The highest BCUT2D eigenvalue weighted by atomic mass is 32.1. The van der Waals surface area contributed by atoms with Crippen LogP contribution in [0.4, 0.5) is 5.69 Å². The first-order chi connectivity index (χ1) is 11.7. The number of carbonyl (C=O) groups excluding carboxylic acids is 2. The van der Waals surface area contributed by atoms with Gasteiger partial charge in [-0.25, -0.2) is 0 Å². The highest BCUT2D eigenvalue weighted by Crippen LogP contribution is 2.14. The molecule has 0 aliphatic heterocycles. The highest BCUT2D eigenvalue weighted by molar-refractivity contribution is 7.09. The van der Waals surface area contributed by atoms with Crippen molar-refractivity contribution in [1.29, 1.82) is 0 Å². The van der Waals surface area contributed by atoms with E-state index in [-0.39, 0.29) is 11.8 Å². The minimum Gasteiger partial charge on any atom is -0.351 e. The van der Waals surface area contributed by atoms with Gasteiger partial charge in [0.1, 0.15) is 0 Å². The fourth-order valence-corrected chi connectivity index (χ4v) is 2.99. The number of thiophene rings is 1. The lowest BCUT2D eigenvalue weighted by Crippen LogP contribution is -2.30. The summed E-state index contributed by atoms with van der Waals surface area (Å²) in [5.74, 6) is -0.168. The summed E-state index contributed by atoms with van der Waals surface area (Å²) in [5.41, 5.74) is 1.19. The smallest absolute Gasteiger partial charge is 0.251 e. The predicted molar refractivity (Wildman–Crippen MR) is 98.6 cm³/mol. The van der Waals surface area contributed by atoms with Crippen molar-refractivity contribution in [2.24, 2.45) is 0 Å². The van der Waals surface area contributed by atoms with Crippen LogP contribution < -0.4 is 16.0 Å². The lowest BCUT2D eigenvalue weighted by molar-refractivity contribution is -0.116. The van der Waals surface area contributed by atoms with Crippen molar-refractivity contribution in [3.05, 3.63) is 52.2 Å². The third-order valence-electron chi connectivity index (χ3n) is 3.48. The third-order valence-corrected chi connectivity index (χ3v) is 4.41. The van der Waals surface area contributed by atoms with Crippen LogP contribution in [0.1, 0.15) is 28.1 Å². The lowest BCUT2D eigenvalue weighted by Gasteiger charge is -2.08. The van der Waals surface area contributed by atoms with Crippen molar-refractivity contribution in [2.75, 3.05) is 25.5 Å². The van der Waals surface area contributed by atoms with Crippen LogP contribution in [0.2, 0.25) is 0 Å². The predicted octanol–water partition coefficient (Wildman–Crippen LogP) is 2.66. The molecule has 2 aromatic rings. The van der Waals surface area contributed by atoms with Crippen molar-refractivity contribution < 1.29 is 9.59 Å². The van der Waals surface area contributed by atoms with Crippen LogP contribution in [0.5, 0.6) is 0 Å². The third kappa shape index (κ3) is 6.14. The Kier molecular flexibility index (Phi) is 7.45. The molecule has 6 heteroatoms. The molecule has 1 heterocycles. The van der Waals surface area contributed by atoms with Gasteiger partial charge in [-0.2, -0.15) is 0 Å². The molecule has 0 atom stereocenters. The zero-order valence-corrected chi connectivity index (χ0v) is 14.6. The summed E-state index contributed by atoms with van der Waals surface area (Å²) in [6.07, 6.45) is 2.20. The minimum atomic E-state index is -0.140. The van der Waals surface area contributed by atoms with Gasteiger partial charge < -0.3 is 16.0 Å². The molecule has 3 N–H and O–H groups in total. The van der Waals surface area contributed by atoms with Gasteiger partial charge in [0.15, 0.2) is 0 Å². The maximum absolute atomic E-state index is 12.0. The van der Waals surface area contributed by atoms with Crippen LogP contribution in [0.3, 0.4) is 0 Å². The van der Waals surface area contributed by atoms with Gasteiger partial charge in [-0.15, -0.1) is 11.3 Å². The van der Waals surface area contributed by atoms with Crippen molar-refractivity contribution in [3.8, 4) is 0 Å².